The van der Waals surface area contributed by atoms with Crippen molar-refractivity contribution in [2.75, 3.05) is 24.2 Å². The minimum Gasteiger partial charge on any atom is -0.444 e. The summed E-state index contributed by atoms with van der Waals surface area (Å²) in [4.78, 5) is 20.3. The molecule has 3 N–H and O–H groups in total. The Hall–Kier alpha value is -3.46. The summed E-state index contributed by atoms with van der Waals surface area (Å²) in [5.41, 5.74) is 0.0146. The largest absolute Gasteiger partial charge is 0.444 e. The number of rotatable bonds is 7. The van der Waals surface area contributed by atoms with Crippen LogP contribution in [0.15, 0.2) is 40.2 Å². The molecule has 0 radical (unpaired) electrons. The molecule has 0 atom stereocenters. The third kappa shape index (κ3) is 5.37. The predicted octanol–water partition coefficient (Wildman–Crippen LogP) is 1.60. The van der Waals surface area contributed by atoms with Crippen LogP contribution in [0, 0.1) is 0 Å². The second-order valence-electron chi connectivity index (χ2n) is 6.12. The lowest BCUT2D eigenvalue weighted by molar-refractivity contribution is -0.115. The molecule has 0 fully saturated rings. The first-order valence-electron chi connectivity index (χ1n) is 8.49. The Balaban J connectivity index is 1.78. The Kier molecular flexibility index (Phi) is 5.99. The van der Waals surface area contributed by atoms with Gasteiger partial charge in [0.2, 0.25) is 10.9 Å². The molecule has 3 heterocycles. The molecule has 31 heavy (non-hydrogen) atoms. The summed E-state index contributed by atoms with van der Waals surface area (Å²) in [6.07, 6.45) is -0.846. The molecule has 0 bridgehead atoms. The first-order valence-corrected chi connectivity index (χ1v) is 9.98. The van der Waals surface area contributed by atoms with Gasteiger partial charge in [0.05, 0.1) is 0 Å². The molecule has 0 aliphatic heterocycles. The minimum absolute atomic E-state index is 0.0446. The summed E-state index contributed by atoms with van der Waals surface area (Å²) in [7, 11) is -1.25. The average Bonchev–Trinajstić information content (AvgIpc) is 3.33. The van der Waals surface area contributed by atoms with Crippen LogP contribution in [0.3, 0.4) is 0 Å². The van der Waals surface area contributed by atoms with Crippen LogP contribution in [0.2, 0.25) is 0 Å². The standard InChI is InChI=1S/C16H16F3N7O4S/c1-20-31(28,29)15-10(6-26(2)25-15)23-13(27)11-7-30-14(24-11)9-3-4-21-12(5-9)22-8-16(17,18)19/h3-7,20H,8H2,1-2H3,(H,21,22)(H,23,27). The number of nitrogens with zero attached hydrogens (tertiary/aromatic N) is 4. The predicted molar refractivity (Wildman–Crippen MR) is 102 cm³/mol. The summed E-state index contributed by atoms with van der Waals surface area (Å²) in [6, 6.07) is 2.71. The van der Waals surface area contributed by atoms with Crippen molar-refractivity contribution < 1.29 is 30.8 Å². The van der Waals surface area contributed by atoms with Crippen molar-refractivity contribution in [2.45, 2.75) is 11.2 Å². The SMILES string of the molecule is CNS(=O)(=O)c1nn(C)cc1NC(=O)c1coc(-c2ccnc(NCC(F)(F)F)c2)n1. The van der Waals surface area contributed by atoms with E-state index in [0.717, 1.165) is 6.26 Å². The van der Waals surface area contributed by atoms with Gasteiger partial charge in [0, 0.05) is 25.0 Å². The average molecular weight is 459 g/mol. The van der Waals surface area contributed by atoms with Crippen molar-refractivity contribution in [1.29, 1.82) is 0 Å². The maximum Gasteiger partial charge on any atom is 0.405 e. The summed E-state index contributed by atoms with van der Waals surface area (Å²) in [5.74, 6) is -0.881. The zero-order chi connectivity index (χ0) is 22.8. The van der Waals surface area contributed by atoms with Gasteiger partial charge in [-0.1, -0.05) is 0 Å². The number of aromatic nitrogens is 4. The van der Waals surface area contributed by atoms with Crippen molar-refractivity contribution >= 4 is 27.4 Å². The molecule has 0 aliphatic carbocycles. The van der Waals surface area contributed by atoms with Crippen molar-refractivity contribution in [1.82, 2.24) is 24.5 Å². The van der Waals surface area contributed by atoms with Gasteiger partial charge >= 0.3 is 6.18 Å². The van der Waals surface area contributed by atoms with E-state index in [-0.39, 0.29) is 33.7 Å². The van der Waals surface area contributed by atoms with E-state index >= 15 is 0 Å². The highest BCUT2D eigenvalue weighted by Gasteiger charge is 2.27. The van der Waals surface area contributed by atoms with E-state index in [4.69, 9.17) is 4.42 Å². The first kappa shape index (κ1) is 22.2. The number of aryl methyl sites for hydroxylation is 1. The quantitative estimate of drug-likeness (QED) is 0.483. The fraction of sp³-hybridized carbons (Fsp3) is 0.250. The zero-order valence-electron chi connectivity index (χ0n) is 16.1. The van der Waals surface area contributed by atoms with E-state index in [1.807, 2.05) is 0 Å². The van der Waals surface area contributed by atoms with E-state index in [9.17, 15) is 26.4 Å². The Morgan fingerprint density at radius 1 is 1.32 bits per heavy atom. The number of carbonyl (C=O) groups excluding carboxylic acids is 1. The van der Waals surface area contributed by atoms with Crippen LogP contribution in [0.1, 0.15) is 10.5 Å². The highest BCUT2D eigenvalue weighted by atomic mass is 32.2. The molecular weight excluding hydrogens is 443 g/mol. The molecule has 15 heteroatoms. The van der Waals surface area contributed by atoms with Gasteiger partial charge in [-0.15, -0.1) is 0 Å². The van der Waals surface area contributed by atoms with Gasteiger partial charge in [-0.05, 0) is 19.2 Å². The van der Waals surface area contributed by atoms with Crippen LogP contribution in [-0.4, -0.2) is 53.8 Å². The molecule has 166 valence electrons. The van der Waals surface area contributed by atoms with Gasteiger partial charge in [0.25, 0.3) is 15.9 Å². The van der Waals surface area contributed by atoms with Gasteiger partial charge < -0.3 is 15.1 Å². The van der Waals surface area contributed by atoms with Crippen LogP contribution < -0.4 is 15.4 Å². The fourth-order valence-electron chi connectivity index (χ4n) is 2.40. The molecule has 0 saturated heterocycles. The van der Waals surface area contributed by atoms with E-state index in [1.165, 1.54) is 43.3 Å². The Bertz CT molecular complexity index is 1200. The van der Waals surface area contributed by atoms with Crippen molar-refractivity contribution in [3.63, 3.8) is 0 Å². The number of pyridine rings is 1. The van der Waals surface area contributed by atoms with E-state index in [2.05, 4.69) is 30.4 Å². The summed E-state index contributed by atoms with van der Waals surface area (Å²) >= 11 is 0. The third-order valence-electron chi connectivity index (χ3n) is 3.78. The summed E-state index contributed by atoms with van der Waals surface area (Å²) in [5, 5.41) is 7.94. The number of alkyl halides is 3. The molecule has 3 aromatic heterocycles. The number of amides is 1. The van der Waals surface area contributed by atoms with Crippen LogP contribution in [0.25, 0.3) is 11.5 Å². The van der Waals surface area contributed by atoms with Gasteiger partial charge in [-0.3, -0.25) is 9.48 Å². The number of halogens is 3. The molecule has 0 aliphatic rings. The lowest BCUT2D eigenvalue weighted by Crippen LogP contribution is -2.22. The van der Waals surface area contributed by atoms with Crippen molar-refractivity contribution in [3.8, 4) is 11.5 Å². The van der Waals surface area contributed by atoms with E-state index in [0.29, 0.717) is 0 Å². The first-order chi connectivity index (χ1) is 14.5. The molecule has 11 nitrogen and oxygen atoms in total. The lowest BCUT2D eigenvalue weighted by Gasteiger charge is -2.08. The third-order valence-corrected chi connectivity index (χ3v) is 5.13. The highest BCUT2D eigenvalue weighted by molar-refractivity contribution is 7.89. The Morgan fingerprint density at radius 2 is 2.06 bits per heavy atom. The number of sulfonamides is 1. The molecule has 0 saturated carbocycles. The monoisotopic (exact) mass is 459 g/mol. The van der Waals surface area contributed by atoms with Gasteiger partial charge in [-0.25, -0.2) is 23.1 Å². The van der Waals surface area contributed by atoms with Gasteiger partial charge in [0.1, 0.15) is 24.3 Å². The molecule has 3 rings (SSSR count). The van der Waals surface area contributed by atoms with Crippen LogP contribution in [-0.2, 0) is 17.1 Å². The number of hydrogen-bond donors (Lipinski definition) is 3. The molecule has 0 spiro atoms. The molecule has 0 unspecified atom stereocenters. The maximum atomic E-state index is 12.5. The number of oxazole rings is 1. The van der Waals surface area contributed by atoms with Crippen LogP contribution >= 0.6 is 0 Å². The Labute approximate surface area is 173 Å². The fourth-order valence-corrected chi connectivity index (χ4v) is 3.22. The van der Waals surface area contributed by atoms with Gasteiger partial charge in [0.15, 0.2) is 5.69 Å². The van der Waals surface area contributed by atoms with E-state index in [1.54, 1.807) is 0 Å². The van der Waals surface area contributed by atoms with Crippen LogP contribution in [0.4, 0.5) is 24.7 Å². The summed E-state index contributed by atoms with van der Waals surface area (Å²) < 4.78 is 69.7. The highest BCUT2D eigenvalue weighted by Crippen LogP contribution is 2.23. The Morgan fingerprint density at radius 3 is 2.74 bits per heavy atom. The minimum atomic E-state index is -4.42. The number of anilines is 2. The number of carbonyl (C=O) groups is 1. The molecule has 1 amide bonds. The lowest BCUT2D eigenvalue weighted by atomic mass is 10.2. The topological polar surface area (TPSA) is 144 Å². The second kappa shape index (κ2) is 8.35. The normalized spacial score (nSPS) is 12.0. The maximum absolute atomic E-state index is 12.5. The second-order valence-corrected chi connectivity index (χ2v) is 7.92. The van der Waals surface area contributed by atoms with Crippen LogP contribution in [0.5, 0.6) is 0 Å². The molecular formula is C16H16F3N7O4S. The summed E-state index contributed by atoms with van der Waals surface area (Å²) in [6.45, 7) is -1.27. The molecule has 0 aromatic carbocycles. The molecule has 3 aromatic rings. The zero-order valence-corrected chi connectivity index (χ0v) is 16.9. The van der Waals surface area contributed by atoms with Crippen molar-refractivity contribution in [3.05, 3.63) is 36.5 Å². The van der Waals surface area contributed by atoms with Crippen molar-refractivity contribution in [2.24, 2.45) is 7.05 Å². The smallest absolute Gasteiger partial charge is 0.405 e. The number of hydrogen-bond acceptors (Lipinski definition) is 8. The van der Waals surface area contributed by atoms with E-state index < -0.39 is 28.7 Å². The number of nitrogens with one attached hydrogen (secondary N) is 3. The van der Waals surface area contributed by atoms with Gasteiger partial charge in [-0.2, -0.15) is 18.3 Å².